The van der Waals surface area contributed by atoms with Gasteiger partial charge in [-0.1, -0.05) is 18.7 Å². The number of aromatic hydroxyl groups is 1. The number of benzene rings is 1. The summed E-state index contributed by atoms with van der Waals surface area (Å²) >= 11 is 0. The van der Waals surface area contributed by atoms with E-state index in [9.17, 15) is 9.50 Å². The number of hydrogen-bond donors (Lipinski definition) is 4. The van der Waals surface area contributed by atoms with Gasteiger partial charge in [-0.2, -0.15) is 0 Å². The molecule has 0 spiro atoms. The molecule has 0 unspecified atom stereocenters. The highest BCUT2D eigenvalue weighted by atomic mass is 19.1. The van der Waals surface area contributed by atoms with Gasteiger partial charge in [-0.15, -0.1) is 0 Å². The van der Waals surface area contributed by atoms with E-state index in [1.54, 1.807) is 12.3 Å². The molecule has 0 aliphatic heterocycles. The lowest BCUT2D eigenvalue weighted by Crippen LogP contribution is -2.32. The van der Waals surface area contributed by atoms with Crippen molar-refractivity contribution in [1.29, 1.82) is 0 Å². The van der Waals surface area contributed by atoms with E-state index < -0.39 is 6.67 Å². The second kappa shape index (κ2) is 8.49. The Balaban J connectivity index is 2.48. The predicted octanol–water partition coefficient (Wildman–Crippen LogP) is 1.23. The Morgan fingerprint density at radius 3 is 2.83 bits per heavy atom. The highest BCUT2D eigenvalue weighted by Gasteiger charge is 2.02. The standard InChI is InChI=1S/C13H20FN3O/c1-2-15-7-5-12-9-11(3-4-13(12)18)10-17-16-8-6-14/h2-4,9,15-18H,1,5-8,10H2. The molecule has 1 aromatic carbocycles. The Morgan fingerprint density at radius 1 is 1.28 bits per heavy atom. The molecule has 0 fully saturated rings. The van der Waals surface area contributed by atoms with Crippen LogP contribution >= 0.6 is 0 Å². The normalized spacial score (nSPS) is 10.3. The molecular formula is C13H20FN3O. The van der Waals surface area contributed by atoms with E-state index in [2.05, 4.69) is 22.7 Å². The van der Waals surface area contributed by atoms with Gasteiger partial charge in [0.15, 0.2) is 0 Å². The van der Waals surface area contributed by atoms with Crippen LogP contribution in [0.4, 0.5) is 4.39 Å². The van der Waals surface area contributed by atoms with Gasteiger partial charge in [0.2, 0.25) is 0 Å². The molecular weight excluding hydrogens is 233 g/mol. The van der Waals surface area contributed by atoms with E-state index in [-0.39, 0.29) is 6.54 Å². The summed E-state index contributed by atoms with van der Waals surface area (Å²) in [5.41, 5.74) is 7.59. The lowest BCUT2D eigenvalue weighted by Gasteiger charge is -2.09. The Labute approximate surface area is 107 Å². The molecule has 0 amide bonds. The summed E-state index contributed by atoms with van der Waals surface area (Å²) in [5.74, 6) is 0.293. The molecule has 0 saturated carbocycles. The number of hydrazine groups is 1. The maximum absolute atomic E-state index is 11.9. The van der Waals surface area contributed by atoms with Crippen LogP contribution in [0.5, 0.6) is 5.75 Å². The molecule has 1 aromatic rings. The zero-order chi connectivity index (χ0) is 13.2. The fourth-order valence-corrected chi connectivity index (χ4v) is 1.56. The predicted molar refractivity (Wildman–Crippen MR) is 70.8 cm³/mol. The Kier molecular flexibility index (Phi) is 6.83. The third-order valence-electron chi connectivity index (χ3n) is 2.46. The van der Waals surface area contributed by atoms with Gasteiger partial charge in [-0.25, -0.2) is 4.39 Å². The number of hydrogen-bond acceptors (Lipinski definition) is 4. The molecule has 0 radical (unpaired) electrons. The zero-order valence-corrected chi connectivity index (χ0v) is 10.4. The van der Waals surface area contributed by atoms with E-state index in [0.717, 1.165) is 24.1 Å². The SMILES string of the molecule is C=CNCCc1cc(CNNCCF)ccc1O. The summed E-state index contributed by atoms with van der Waals surface area (Å²) in [5, 5.41) is 12.7. The summed E-state index contributed by atoms with van der Waals surface area (Å²) in [6.07, 6.45) is 2.35. The number of rotatable bonds is 9. The molecule has 18 heavy (non-hydrogen) atoms. The number of phenolic OH excluding ortho intramolecular Hbond substituents is 1. The molecule has 1 rings (SSSR count). The minimum absolute atomic E-state index is 0.286. The summed E-state index contributed by atoms with van der Waals surface area (Å²) in [6, 6.07) is 5.45. The van der Waals surface area contributed by atoms with Gasteiger partial charge in [0.05, 0.1) is 0 Å². The molecule has 0 atom stereocenters. The average Bonchev–Trinajstić information content (AvgIpc) is 2.38. The first-order chi connectivity index (χ1) is 8.77. The van der Waals surface area contributed by atoms with Gasteiger partial charge in [0.1, 0.15) is 12.4 Å². The van der Waals surface area contributed by atoms with Crippen LogP contribution in [0.3, 0.4) is 0 Å². The van der Waals surface area contributed by atoms with E-state index in [1.807, 2.05) is 12.1 Å². The number of halogens is 1. The molecule has 0 saturated heterocycles. The number of alkyl halides is 1. The molecule has 0 aromatic heterocycles. The maximum atomic E-state index is 11.9. The Morgan fingerprint density at radius 2 is 2.11 bits per heavy atom. The second-order valence-electron chi connectivity index (χ2n) is 3.84. The third kappa shape index (κ3) is 5.16. The van der Waals surface area contributed by atoms with Gasteiger partial charge in [0.25, 0.3) is 0 Å². The van der Waals surface area contributed by atoms with Crippen molar-refractivity contribution in [3.8, 4) is 5.75 Å². The van der Waals surface area contributed by atoms with Gasteiger partial charge < -0.3 is 10.4 Å². The van der Waals surface area contributed by atoms with Crippen molar-refractivity contribution >= 4 is 0 Å². The van der Waals surface area contributed by atoms with Crippen molar-refractivity contribution in [1.82, 2.24) is 16.2 Å². The maximum Gasteiger partial charge on any atom is 0.118 e. The second-order valence-corrected chi connectivity index (χ2v) is 3.84. The van der Waals surface area contributed by atoms with Crippen molar-refractivity contribution in [3.63, 3.8) is 0 Å². The van der Waals surface area contributed by atoms with Gasteiger partial charge in [-0.05, 0) is 29.8 Å². The van der Waals surface area contributed by atoms with Gasteiger partial charge >= 0.3 is 0 Å². The number of phenols is 1. The van der Waals surface area contributed by atoms with Crippen molar-refractivity contribution in [2.24, 2.45) is 0 Å². The van der Waals surface area contributed by atoms with Crippen LogP contribution in [0.1, 0.15) is 11.1 Å². The van der Waals surface area contributed by atoms with Crippen LogP contribution < -0.4 is 16.2 Å². The molecule has 4 N–H and O–H groups in total. The smallest absolute Gasteiger partial charge is 0.118 e. The summed E-state index contributed by atoms with van der Waals surface area (Å²) in [7, 11) is 0. The van der Waals surface area contributed by atoms with Crippen molar-refractivity contribution in [2.45, 2.75) is 13.0 Å². The largest absolute Gasteiger partial charge is 0.508 e. The van der Waals surface area contributed by atoms with Crippen molar-refractivity contribution in [3.05, 3.63) is 42.1 Å². The fourth-order valence-electron chi connectivity index (χ4n) is 1.56. The first-order valence-electron chi connectivity index (χ1n) is 5.94. The lowest BCUT2D eigenvalue weighted by atomic mass is 10.1. The first kappa shape index (κ1) is 14.5. The molecule has 0 aliphatic rings. The van der Waals surface area contributed by atoms with Crippen LogP contribution in [0, 0.1) is 0 Å². The zero-order valence-electron chi connectivity index (χ0n) is 10.4. The summed E-state index contributed by atoms with van der Waals surface area (Å²) < 4.78 is 11.9. The lowest BCUT2D eigenvalue weighted by molar-refractivity contribution is 0.429. The average molecular weight is 253 g/mol. The molecule has 4 nitrogen and oxygen atoms in total. The van der Waals surface area contributed by atoms with Crippen LogP contribution in [-0.2, 0) is 13.0 Å². The molecule has 0 bridgehead atoms. The monoisotopic (exact) mass is 253 g/mol. The quantitative estimate of drug-likeness (QED) is 0.395. The van der Waals surface area contributed by atoms with Crippen molar-refractivity contribution in [2.75, 3.05) is 19.8 Å². The highest BCUT2D eigenvalue weighted by molar-refractivity contribution is 5.36. The Bertz CT molecular complexity index is 371. The molecule has 100 valence electrons. The van der Waals surface area contributed by atoms with Gasteiger partial charge in [0, 0.05) is 19.6 Å². The first-order valence-corrected chi connectivity index (χ1v) is 5.94. The number of nitrogens with one attached hydrogen (secondary N) is 3. The minimum atomic E-state index is -0.402. The van der Waals surface area contributed by atoms with Crippen LogP contribution in [0.15, 0.2) is 31.0 Å². The minimum Gasteiger partial charge on any atom is -0.508 e. The Hall–Kier alpha value is -1.59. The van der Waals surface area contributed by atoms with Crippen LogP contribution in [0.2, 0.25) is 0 Å². The van der Waals surface area contributed by atoms with Crippen LogP contribution in [0.25, 0.3) is 0 Å². The fraction of sp³-hybridized carbons (Fsp3) is 0.385. The molecule has 0 aliphatic carbocycles. The van der Waals surface area contributed by atoms with Crippen LogP contribution in [-0.4, -0.2) is 24.9 Å². The summed E-state index contributed by atoms with van der Waals surface area (Å²) in [4.78, 5) is 0. The van der Waals surface area contributed by atoms with Crippen molar-refractivity contribution < 1.29 is 9.50 Å². The van der Waals surface area contributed by atoms with E-state index >= 15 is 0 Å². The third-order valence-corrected chi connectivity index (χ3v) is 2.46. The topological polar surface area (TPSA) is 56.3 Å². The van der Waals surface area contributed by atoms with Gasteiger partial charge in [-0.3, -0.25) is 10.9 Å². The van der Waals surface area contributed by atoms with E-state index in [4.69, 9.17) is 0 Å². The molecule has 0 heterocycles. The van der Waals surface area contributed by atoms with E-state index in [0.29, 0.717) is 12.3 Å². The summed E-state index contributed by atoms with van der Waals surface area (Å²) in [6.45, 7) is 4.77. The van der Waals surface area contributed by atoms with E-state index in [1.165, 1.54) is 0 Å². The molecule has 5 heteroatoms. The highest BCUT2D eigenvalue weighted by Crippen LogP contribution is 2.18.